The second-order valence-corrected chi connectivity index (χ2v) is 6.14. The second-order valence-electron chi connectivity index (χ2n) is 6.14. The van der Waals surface area contributed by atoms with Gasteiger partial charge < -0.3 is 5.73 Å². The van der Waals surface area contributed by atoms with E-state index < -0.39 is 0 Å². The third-order valence-electron chi connectivity index (χ3n) is 2.89. The van der Waals surface area contributed by atoms with Gasteiger partial charge in [-0.25, -0.2) is 9.07 Å². The summed E-state index contributed by atoms with van der Waals surface area (Å²) in [5.74, 6) is 0.329. The van der Waals surface area contributed by atoms with Gasteiger partial charge in [0.25, 0.3) is 0 Å². The fourth-order valence-corrected chi connectivity index (χ4v) is 2.13. The van der Waals surface area contributed by atoms with E-state index in [0.29, 0.717) is 5.82 Å². The zero-order chi connectivity index (χ0) is 14.2. The molecule has 1 aromatic heterocycles. The van der Waals surface area contributed by atoms with Crippen LogP contribution in [-0.2, 0) is 6.42 Å². The number of halogens is 1. The summed E-state index contributed by atoms with van der Waals surface area (Å²) in [6.07, 6.45) is 0.852. The Morgan fingerprint density at radius 1 is 1.26 bits per heavy atom. The molecule has 19 heavy (non-hydrogen) atoms. The molecule has 0 bridgehead atoms. The number of aromatic nitrogens is 2. The lowest BCUT2D eigenvalue weighted by molar-refractivity contribution is 0.405. The number of hydrogen-bond donors (Lipinski definition) is 1. The first kappa shape index (κ1) is 13.6. The predicted octanol–water partition coefficient (Wildman–Crippen LogP) is 3.49. The summed E-state index contributed by atoms with van der Waals surface area (Å²) in [5, 5.41) is 4.53. The first-order valence-corrected chi connectivity index (χ1v) is 6.37. The molecule has 0 fully saturated rings. The maximum Gasteiger partial charge on any atom is 0.127 e. The molecular weight excluding hydrogens is 241 g/mol. The summed E-state index contributed by atoms with van der Waals surface area (Å²) >= 11 is 0. The van der Waals surface area contributed by atoms with Crippen LogP contribution in [0.1, 0.15) is 32.0 Å². The van der Waals surface area contributed by atoms with Gasteiger partial charge in [-0.15, -0.1) is 0 Å². The molecule has 0 aliphatic carbocycles. The summed E-state index contributed by atoms with van der Waals surface area (Å²) in [4.78, 5) is 0. The van der Waals surface area contributed by atoms with Gasteiger partial charge in [0.1, 0.15) is 11.6 Å². The minimum absolute atomic E-state index is 0.156. The molecule has 102 valence electrons. The Morgan fingerprint density at radius 2 is 1.95 bits per heavy atom. The van der Waals surface area contributed by atoms with Crippen molar-refractivity contribution in [2.45, 2.75) is 34.1 Å². The van der Waals surface area contributed by atoms with E-state index in [1.807, 2.05) is 13.0 Å². The fraction of sp³-hybridized carbons (Fsp3) is 0.400. The van der Waals surface area contributed by atoms with Crippen LogP contribution in [0.5, 0.6) is 0 Å². The van der Waals surface area contributed by atoms with Crippen molar-refractivity contribution >= 4 is 5.82 Å². The molecule has 3 nitrogen and oxygen atoms in total. The fourth-order valence-electron chi connectivity index (χ4n) is 2.13. The minimum Gasteiger partial charge on any atom is -0.384 e. The molecule has 0 saturated carbocycles. The Balaban J connectivity index is 2.40. The van der Waals surface area contributed by atoms with Crippen molar-refractivity contribution < 1.29 is 4.39 Å². The third kappa shape index (κ3) is 3.13. The molecule has 1 heterocycles. The van der Waals surface area contributed by atoms with Gasteiger partial charge in [-0.2, -0.15) is 5.10 Å². The van der Waals surface area contributed by atoms with Crippen LogP contribution in [0.25, 0.3) is 5.69 Å². The van der Waals surface area contributed by atoms with E-state index in [2.05, 4.69) is 25.9 Å². The van der Waals surface area contributed by atoms with Crippen molar-refractivity contribution in [3.8, 4) is 5.69 Å². The van der Waals surface area contributed by atoms with Gasteiger partial charge in [0, 0.05) is 6.07 Å². The molecule has 0 aliphatic heterocycles. The van der Waals surface area contributed by atoms with E-state index in [0.717, 1.165) is 23.4 Å². The number of aryl methyl sites for hydroxylation is 1. The summed E-state index contributed by atoms with van der Waals surface area (Å²) < 4.78 is 14.8. The highest BCUT2D eigenvalue weighted by atomic mass is 19.1. The molecular formula is C15H20FN3. The standard InChI is InChI=1S/C15H20FN3/c1-10-7-11(16)5-6-13(10)19-14(17)8-12(18-19)9-15(2,3)4/h5-8H,9,17H2,1-4H3. The molecule has 4 heteroatoms. The topological polar surface area (TPSA) is 43.8 Å². The van der Waals surface area contributed by atoms with Crippen molar-refractivity contribution in [1.29, 1.82) is 0 Å². The van der Waals surface area contributed by atoms with Crippen molar-refractivity contribution in [3.63, 3.8) is 0 Å². The van der Waals surface area contributed by atoms with Crippen LogP contribution in [0.3, 0.4) is 0 Å². The predicted molar refractivity (Wildman–Crippen MR) is 75.8 cm³/mol. The Labute approximate surface area is 113 Å². The Morgan fingerprint density at radius 3 is 2.53 bits per heavy atom. The van der Waals surface area contributed by atoms with E-state index >= 15 is 0 Å². The Kier molecular flexibility index (Phi) is 3.35. The zero-order valence-electron chi connectivity index (χ0n) is 11.9. The lowest BCUT2D eigenvalue weighted by atomic mass is 9.91. The molecule has 2 aromatic rings. The number of benzene rings is 1. The Bertz CT molecular complexity index is 594. The molecule has 0 unspecified atom stereocenters. The largest absolute Gasteiger partial charge is 0.384 e. The number of anilines is 1. The number of nitrogens with two attached hydrogens (primary N) is 1. The molecule has 0 radical (unpaired) electrons. The van der Waals surface area contributed by atoms with Crippen LogP contribution in [0, 0.1) is 18.2 Å². The van der Waals surface area contributed by atoms with Gasteiger partial charge in [0.15, 0.2) is 0 Å². The van der Waals surface area contributed by atoms with E-state index in [1.54, 1.807) is 10.7 Å². The lowest BCUT2D eigenvalue weighted by Gasteiger charge is -2.15. The van der Waals surface area contributed by atoms with Gasteiger partial charge in [-0.1, -0.05) is 20.8 Å². The summed E-state index contributed by atoms with van der Waals surface area (Å²) in [5.41, 5.74) is 8.75. The molecule has 0 amide bonds. The van der Waals surface area contributed by atoms with Crippen LogP contribution in [0.2, 0.25) is 0 Å². The average Bonchev–Trinajstić information content (AvgIpc) is 2.56. The second kappa shape index (κ2) is 4.68. The van der Waals surface area contributed by atoms with E-state index in [9.17, 15) is 4.39 Å². The molecule has 2 rings (SSSR count). The van der Waals surface area contributed by atoms with Gasteiger partial charge in [0.05, 0.1) is 11.4 Å². The maximum absolute atomic E-state index is 13.1. The van der Waals surface area contributed by atoms with Crippen molar-refractivity contribution in [1.82, 2.24) is 9.78 Å². The van der Waals surface area contributed by atoms with Crippen LogP contribution in [-0.4, -0.2) is 9.78 Å². The first-order valence-electron chi connectivity index (χ1n) is 6.37. The molecule has 0 spiro atoms. The van der Waals surface area contributed by atoms with Crippen LogP contribution >= 0.6 is 0 Å². The summed E-state index contributed by atoms with van der Waals surface area (Å²) in [6.45, 7) is 8.32. The number of nitrogen functional groups attached to an aromatic ring is 1. The average molecular weight is 261 g/mol. The van der Waals surface area contributed by atoms with Gasteiger partial charge >= 0.3 is 0 Å². The van der Waals surface area contributed by atoms with Crippen molar-refractivity contribution in [2.75, 3.05) is 5.73 Å². The van der Waals surface area contributed by atoms with Gasteiger partial charge in [-0.05, 0) is 42.5 Å². The monoisotopic (exact) mass is 261 g/mol. The summed E-state index contributed by atoms with van der Waals surface area (Å²) in [7, 11) is 0. The smallest absolute Gasteiger partial charge is 0.127 e. The molecule has 1 aromatic carbocycles. The number of rotatable bonds is 2. The first-order chi connectivity index (χ1) is 8.76. The molecule has 0 saturated heterocycles. The quantitative estimate of drug-likeness (QED) is 0.899. The number of nitrogens with zero attached hydrogens (tertiary/aromatic N) is 2. The van der Waals surface area contributed by atoms with Crippen molar-refractivity contribution in [2.24, 2.45) is 5.41 Å². The molecule has 0 aliphatic rings. The lowest BCUT2D eigenvalue weighted by Crippen LogP contribution is -2.10. The zero-order valence-corrected chi connectivity index (χ0v) is 11.9. The van der Waals surface area contributed by atoms with E-state index in [1.165, 1.54) is 12.1 Å². The van der Waals surface area contributed by atoms with Gasteiger partial charge in [0.2, 0.25) is 0 Å². The van der Waals surface area contributed by atoms with Crippen LogP contribution in [0.4, 0.5) is 10.2 Å². The maximum atomic E-state index is 13.1. The third-order valence-corrected chi connectivity index (χ3v) is 2.89. The number of hydrogen-bond acceptors (Lipinski definition) is 2. The van der Waals surface area contributed by atoms with E-state index in [-0.39, 0.29) is 11.2 Å². The van der Waals surface area contributed by atoms with E-state index in [4.69, 9.17) is 5.73 Å². The summed E-state index contributed by atoms with van der Waals surface area (Å²) in [6, 6.07) is 6.50. The normalized spacial score (nSPS) is 11.8. The van der Waals surface area contributed by atoms with Crippen LogP contribution in [0.15, 0.2) is 24.3 Å². The van der Waals surface area contributed by atoms with Gasteiger partial charge in [-0.3, -0.25) is 0 Å². The highest BCUT2D eigenvalue weighted by Crippen LogP contribution is 2.24. The SMILES string of the molecule is Cc1cc(F)ccc1-n1nc(CC(C)(C)C)cc1N. The van der Waals surface area contributed by atoms with Crippen LogP contribution < -0.4 is 5.73 Å². The highest BCUT2D eigenvalue weighted by Gasteiger charge is 2.16. The molecule has 0 atom stereocenters. The minimum atomic E-state index is -0.248. The highest BCUT2D eigenvalue weighted by molar-refractivity contribution is 5.47. The Hall–Kier alpha value is -1.84. The molecule has 2 N–H and O–H groups in total. The van der Waals surface area contributed by atoms with Crippen molar-refractivity contribution in [3.05, 3.63) is 41.3 Å².